The molecular weight excluding hydrogens is 592 g/mol. The molecule has 4 rings (SSSR count). The monoisotopic (exact) mass is 623 g/mol. The molecule has 3 aromatic rings. The summed E-state index contributed by atoms with van der Waals surface area (Å²) in [6, 6.07) is 13.7. The molecule has 0 bridgehead atoms. The van der Waals surface area contributed by atoms with Crippen LogP contribution < -0.4 is 10.1 Å². The van der Waals surface area contributed by atoms with Crippen molar-refractivity contribution in [2.24, 2.45) is 0 Å². The third-order valence-corrected chi connectivity index (χ3v) is 7.53. The number of nitrogens with zero attached hydrogens (tertiary/aromatic N) is 2. The molecule has 0 spiro atoms. The van der Waals surface area contributed by atoms with Crippen LogP contribution in [0.4, 0.5) is 31.1 Å². The highest BCUT2D eigenvalue weighted by Crippen LogP contribution is 2.50. The molecular formula is C31H31F6N3O4. The standard InChI is InChI=1S/C31H31F6N3O4/c1-4-6-20-17-22(29(43,30(32,33)34)31(35,36)37)13-14-24(20)44-25-8-5-7-23(38-25)15-16-40-26(41)18-28(3,39-27(40)42)21-11-9-19(2)10-12-21/h5,7-14,17,43H,4,6,15-16,18H2,1-3H3,(H,39,42). The predicted molar refractivity (Wildman–Crippen MR) is 148 cm³/mol. The van der Waals surface area contributed by atoms with Crippen LogP contribution >= 0.6 is 0 Å². The molecule has 2 heterocycles. The Morgan fingerprint density at radius 1 is 0.977 bits per heavy atom. The van der Waals surface area contributed by atoms with Crippen LogP contribution in [0.5, 0.6) is 11.6 Å². The third-order valence-electron chi connectivity index (χ3n) is 7.53. The number of urea groups is 1. The van der Waals surface area contributed by atoms with Gasteiger partial charge in [-0.15, -0.1) is 0 Å². The summed E-state index contributed by atoms with van der Waals surface area (Å²) in [4.78, 5) is 31.3. The van der Waals surface area contributed by atoms with Crippen LogP contribution in [-0.2, 0) is 28.8 Å². The second-order valence-corrected chi connectivity index (χ2v) is 10.9. The van der Waals surface area contributed by atoms with Crippen molar-refractivity contribution in [1.82, 2.24) is 15.2 Å². The number of carbonyl (C=O) groups is 2. The molecule has 44 heavy (non-hydrogen) atoms. The van der Waals surface area contributed by atoms with Crippen molar-refractivity contribution in [1.29, 1.82) is 0 Å². The number of rotatable bonds is 9. The van der Waals surface area contributed by atoms with Gasteiger partial charge in [-0.2, -0.15) is 26.3 Å². The van der Waals surface area contributed by atoms with E-state index in [1.54, 1.807) is 26.0 Å². The van der Waals surface area contributed by atoms with Crippen molar-refractivity contribution >= 4 is 11.9 Å². The summed E-state index contributed by atoms with van der Waals surface area (Å²) in [5, 5.41) is 12.7. The first-order valence-corrected chi connectivity index (χ1v) is 13.8. The predicted octanol–water partition coefficient (Wildman–Crippen LogP) is 6.85. The Labute approximate surface area is 249 Å². The highest BCUT2D eigenvalue weighted by atomic mass is 19.4. The van der Waals surface area contributed by atoms with Crippen molar-refractivity contribution in [2.45, 2.75) is 69.9 Å². The van der Waals surface area contributed by atoms with E-state index in [0.29, 0.717) is 24.2 Å². The number of amides is 3. The summed E-state index contributed by atoms with van der Waals surface area (Å²) in [6.45, 7) is 5.40. The molecule has 1 aliphatic heterocycles. The van der Waals surface area contributed by atoms with E-state index in [4.69, 9.17) is 4.74 Å². The zero-order chi connectivity index (χ0) is 32.5. The Hall–Kier alpha value is -4.13. The molecule has 236 valence electrons. The number of benzene rings is 2. The van der Waals surface area contributed by atoms with Gasteiger partial charge in [-0.25, -0.2) is 9.78 Å². The molecule has 1 fully saturated rings. The minimum Gasteiger partial charge on any atom is -0.439 e. The molecule has 1 aromatic heterocycles. The van der Waals surface area contributed by atoms with Crippen LogP contribution in [0, 0.1) is 6.92 Å². The molecule has 3 amide bonds. The van der Waals surface area contributed by atoms with E-state index in [0.717, 1.165) is 22.1 Å². The van der Waals surface area contributed by atoms with Crippen LogP contribution in [0.15, 0.2) is 60.7 Å². The highest BCUT2D eigenvalue weighted by molar-refractivity contribution is 5.98. The lowest BCUT2D eigenvalue weighted by atomic mass is 9.86. The maximum absolute atomic E-state index is 13.4. The van der Waals surface area contributed by atoms with Gasteiger partial charge in [0.1, 0.15) is 5.75 Å². The Kier molecular flexibility index (Phi) is 9.01. The molecule has 2 N–H and O–H groups in total. The zero-order valence-electron chi connectivity index (χ0n) is 24.1. The summed E-state index contributed by atoms with van der Waals surface area (Å²) in [6.07, 6.45) is -11.4. The van der Waals surface area contributed by atoms with Gasteiger partial charge in [-0.3, -0.25) is 9.69 Å². The highest BCUT2D eigenvalue weighted by Gasteiger charge is 2.71. The molecule has 13 heteroatoms. The number of aryl methyl sites for hydroxylation is 2. The lowest BCUT2D eigenvalue weighted by Gasteiger charge is -2.39. The molecule has 1 atom stereocenters. The Morgan fingerprint density at radius 3 is 2.23 bits per heavy atom. The number of alkyl halides is 6. The van der Waals surface area contributed by atoms with Crippen molar-refractivity contribution < 1.29 is 45.8 Å². The molecule has 1 aliphatic rings. The average Bonchev–Trinajstić information content (AvgIpc) is 2.92. The number of carbonyl (C=O) groups excluding carboxylic acids is 2. The first-order valence-electron chi connectivity index (χ1n) is 13.8. The van der Waals surface area contributed by atoms with Crippen LogP contribution in [0.3, 0.4) is 0 Å². The summed E-state index contributed by atoms with van der Waals surface area (Å²) < 4.78 is 86.3. The maximum atomic E-state index is 13.4. The topological polar surface area (TPSA) is 91.8 Å². The number of aromatic nitrogens is 1. The SMILES string of the molecule is CCCc1cc(C(O)(C(F)(F)F)C(F)(F)F)ccc1Oc1cccc(CCN2C(=O)CC(C)(c3ccc(C)cc3)NC2=O)n1. The normalized spacial score (nSPS) is 17.9. The Bertz CT molecular complexity index is 1490. The van der Waals surface area contributed by atoms with Crippen molar-refractivity contribution in [3.8, 4) is 11.6 Å². The second kappa shape index (κ2) is 12.1. The Morgan fingerprint density at radius 2 is 1.64 bits per heavy atom. The summed E-state index contributed by atoms with van der Waals surface area (Å²) >= 11 is 0. The van der Waals surface area contributed by atoms with Gasteiger partial charge in [-0.1, -0.05) is 55.3 Å². The molecule has 1 saturated heterocycles. The lowest BCUT2D eigenvalue weighted by Crippen LogP contribution is -2.59. The number of hydrogen-bond acceptors (Lipinski definition) is 5. The lowest BCUT2D eigenvalue weighted by molar-refractivity contribution is -0.376. The fourth-order valence-corrected chi connectivity index (χ4v) is 5.03. The van der Waals surface area contributed by atoms with E-state index in [9.17, 15) is 41.0 Å². The third kappa shape index (κ3) is 6.52. The quantitative estimate of drug-likeness (QED) is 0.255. The first-order chi connectivity index (χ1) is 20.5. The van der Waals surface area contributed by atoms with E-state index in [-0.39, 0.29) is 48.9 Å². The molecule has 0 aliphatic carbocycles. The van der Waals surface area contributed by atoms with Crippen LogP contribution in [0.1, 0.15) is 54.6 Å². The van der Waals surface area contributed by atoms with Gasteiger partial charge >= 0.3 is 18.4 Å². The number of imide groups is 1. The molecule has 0 radical (unpaired) electrons. The minimum absolute atomic E-state index is 0.00382. The largest absolute Gasteiger partial charge is 0.439 e. The number of halogens is 6. The van der Waals surface area contributed by atoms with Crippen molar-refractivity contribution in [3.63, 3.8) is 0 Å². The van der Waals surface area contributed by atoms with Crippen molar-refractivity contribution in [2.75, 3.05) is 6.54 Å². The number of pyridine rings is 1. The molecule has 7 nitrogen and oxygen atoms in total. The van der Waals surface area contributed by atoms with Gasteiger partial charge in [0.2, 0.25) is 11.8 Å². The van der Waals surface area contributed by atoms with Gasteiger partial charge in [0.25, 0.3) is 5.60 Å². The Balaban J connectivity index is 1.49. The van der Waals surface area contributed by atoms with E-state index in [1.807, 2.05) is 31.2 Å². The summed E-state index contributed by atoms with van der Waals surface area (Å²) in [7, 11) is 0. The van der Waals surface area contributed by atoms with Gasteiger partial charge in [0.15, 0.2) is 0 Å². The fraction of sp³-hybridized carbons (Fsp3) is 0.387. The average molecular weight is 624 g/mol. The number of hydrogen-bond donors (Lipinski definition) is 2. The number of ether oxygens (including phenoxy) is 1. The second-order valence-electron chi connectivity index (χ2n) is 10.9. The first kappa shape index (κ1) is 32.8. The van der Waals surface area contributed by atoms with Gasteiger partial charge in [0.05, 0.1) is 12.0 Å². The smallest absolute Gasteiger partial charge is 0.430 e. The van der Waals surface area contributed by atoms with Gasteiger partial charge in [-0.05, 0) is 49.6 Å². The minimum atomic E-state index is -6.01. The summed E-state index contributed by atoms with van der Waals surface area (Å²) in [5.41, 5.74) is -5.03. The molecule has 1 unspecified atom stereocenters. The van der Waals surface area contributed by atoms with Gasteiger partial charge < -0.3 is 15.2 Å². The van der Waals surface area contributed by atoms with E-state index < -0.39 is 35.1 Å². The zero-order valence-corrected chi connectivity index (χ0v) is 24.1. The molecule has 0 saturated carbocycles. The summed E-state index contributed by atoms with van der Waals surface area (Å²) in [5.74, 6) is -0.407. The van der Waals surface area contributed by atoms with Crippen LogP contribution in [0.25, 0.3) is 0 Å². The number of nitrogens with one attached hydrogen (secondary N) is 1. The fourth-order valence-electron chi connectivity index (χ4n) is 5.03. The van der Waals surface area contributed by atoms with E-state index >= 15 is 0 Å². The van der Waals surface area contributed by atoms with Crippen LogP contribution in [0.2, 0.25) is 0 Å². The van der Waals surface area contributed by atoms with Gasteiger partial charge in [0, 0.05) is 30.3 Å². The van der Waals surface area contributed by atoms with E-state index in [1.165, 1.54) is 6.07 Å². The van der Waals surface area contributed by atoms with Crippen LogP contribution in [-0.4, -0.2) is 45.8 Å². The van der Waals surface area contributed by atoms with Crippen molar-refractivity contribution in [3.05, 3.63) is 88.6 Å². The number of aliphatic hydroxyl groups is 1. The van der Waals surface area contributed by atoms with E-state index in [2.05, 4.69) is 10.3 Å². The molecule has 2 aromatic carbocycles. The maximum Gasteiger partial charge on any atom is 0.430 e.